The molecule has 0 radical (unpaired) electrons. The van der Waals surface area contributed by atoms with Crippen LogP contribution in [0.5, 0.6) is 0 Å². The molecule has 2 aliphatic heterocycles. The van der Waals surface area contributed by atoms with Crippen molar-refractivity contribution >= 4 is 11.7 Å². The number of ether oxygens (including phenoxy) is 1. The van der Waals surface area contributed by atoms with Gasteiger partial charge in [-0.05, 0) is 32.3 Å². The average molecular weight is 409 g/mol. The summed E-state index contributed by atoms with van der Waals surface area (Å²) in [5, 5.41) is 0. The molecule has 30 heavy (non-hydrogen) atoms. The Morgan fingerprint density at radius 2 is 1.83 bits per heavy atom. The van der Waals surface area contributed by atoms with Gasteiger partial charge in [-0.1, -0.05) is 36.8 Å². The number of piperazine rings is 1. The number of nitrogens with zero attached hydrogens (tertiary/aromatic N) is 4. The molecule has 3 heterocycles. The number of hydrogen-bond acceptors (Lipinski definition) is 5. The van der Waals surface area contributed by atoms with E-state index in [0.717, 1.165) is 62.8 Å². The molecule has 0 saturated carbocycles. The van der Waals surface area contributed by atoms with Crippen LogP contribution in [0.2, 0.25) is 0 Å². The van der Waals surface area contributed by atoms with Crippen molar-refractivity contribution in [3.05, 3.63) is 52.5 Å². The van der Waals surface area contributed by atoms with Gasteiger partial charge in [0.2, 0.25) is 5.91 Å². The van der Waals surface area contributed by atoms with Crippen molar-refractivity contribution in [1.82, 2.24) is 14.9 Å². The zero-order chi connectivity index (χ0) is 21.1. The Kier molecular flexibility index (Phi) is 6.32. The molecule has 2 fully saturated rings. The second-order valence-corrected chi connectivity index (χ2v) is 8.41. The molecular formula is C24H32N4O2. The minimum Gasteiger partial charge on any atom is -0.381 e. The van der Waals surface area contributed by atoms with Crippen LogP contribution in [0.4, 0.5) is 5.82 Å². The van der Waals surface area contributed by atoms with Crippen molar-refractivity contribution in [2.24, 2.45) is 5.92 Å². The molecule has 1 aromatic heterocycles. The first-order valence-corrected chi connectivity index (χ1v) is 11.1. The molecule has 0 bridgehead atoms. The lowest BCUT2D eigenvalue weighted by Gasteiger charge is -2.37. The molecule has 1 amide bonds. The van der Waals surface area contributed by atoms with E-state index in [9.17, 15) is 4.79 Å². The van der Waals surface area contributed by atoms with E-state index in [4.69, 9.17) is 14.7 Å². The summed E-state index contributed by atoms with van der Waals surface area (Å²) >= 11 is 0. The Labute approximate surface area is 179 Å². The van der Waals surface area contributed by atoms with E-state index in [1.54, 1.807) is 0 Å². The highest BCUT2D eigenvalue weighted by atomic mass is 16.5. The molecule has 2 saturated heterocycles. The molecular weight excluding hydrogens is 376 g/mol. The lowest BCUT2D eigenvalue weighted by atomic mass is 10.0. The van der Waals surface area contributed by atoms with Gasteiger partial charge < -0.3 is 14.5 Å². The Morgan fingerprint density at radius 3 is 2.47 bits per heavy atom. The van der Waals surface area contributed by atoms with Crippen LogP contribution < -0.4 is 4.90 Å². The number of anilines is 1. The number of carbonyl (C=O) groups excluding carboxylic acids is 1. The fourth-order valence-corrected chi connectivity index (χ4v) is 4.41. The van der Waals surface area contributed by atoms with Crippen LogP contribution in [0.3, 0.4) is 0 Å². The quantitative estimate of drug-likeness (QED) is 0.761. The monoisotopic (exact) mass is 408 g/mol. The summed E-state index contributed by atoms with van der Waals surface area (Å²) in [6.45, 7) is 10.6. The van der Waals surface area contributed by atoms with Gasteiger partial charge in [-0.25, -0.2) is 9.97 Å². The number of benzene rings is 1. The first-order chi connectivity index (χ1) is 14.5. The Hall–Kier alpha value is -2.47. The lowest BCUT2D eigenvalue weighted by Crippen LogP contribution is -2.51. The fourth-order valence-electron chi connectivity index (χ4n) is 4.41. The second kappa shape index (κ2) is 9.13. The lowest BCUT2D eigenvalue weighted by molar-refractivity contribution is -0.135. The van der Waals surface area contributed by atoms with Gasteiger partial charge in [0, 0.05) is 50.5 Å². The van der Waals surface area contributed by atoms with Crippen molar-refractivity contribution in [2.75, 3.05) is 44.3 Å². The van der Waals surface area contributed by atoms with Crippen molar-refractivity contribution in [3.8, 4) is 0 Å². The standard InChI is InChI=1S/C24H32N4O2/c1-4-22-21(15-19-7-5-17(2)6-8-19)23(26-18(3)25-22)27-10-12-28(13-11-27)24(29)20-9-14-30-16-20/h5-8,20H,4,9-16H2,1-3H3/t20-/m1/s1. The van der Waals surface area contributed by atoms with E-state index in [1.165, 1.54) is 16.7 Å². The van der Waals surface area contributed by atoms with E-state index in [2.05, 4.69) is 43.0 Å². The number of aryl methyl sites for hydroxylation is 3. The SMILES string of the molecule is CCc1nc(C)nc(N2CCN(C(=O)[C@@H]3CCOC3)CC2)c1Cc1ccc(C)cc1. The van der Waals surface area contributed by atoms with Crippen molar-refractivity contribution in [2.45, 2.75) is 40.0 Å². The molecule has 6 nitrogen and oxygen atoms in total. The average Bonchev–Trinajstić information content (AvgIpc) is 3.30. The molecule has 0 N–H and O–H groups in total. The van der Waals surface area contributed by atoms with E-state index >= 15 is 0 Å². The van der Waals surface area contributed by atoms with E-state index in [0.29, 0.717) is 13.2 Å². The van der Waals surface area contributed by atoms with Gasteiger partial charge >= 0.3 is 0 Å². The molecule has 0 aliphatic carbocycles. The van der Waals surface area contributed by atoms with Crippen LogP contribution in [0.15, 0.2) is 24.3 Å². The summed E-state index contributed by atoms with van der Waals surface area (Å²) < 4.78 is 5.40. The Morgan fingerprint density at radius 1 is 1.10 bits per heavy atom. The summed E-state index contributed by atoms with van der Waals surface area (Å²) in [7, 11) is 0. The number of rotatable bonds is 5. The van der Waals surface area contributed by atoms with Crippen LogP contribution in [0, 0.1) is 19.8 Å². The van der Waals surface area contributed by atoms with Crippen molar-refractivity contribution in [1.29, 1.82) is 0 Å². The second-order valence-electron chi connectivity index (χ2n) is 8.41. The van der Waals surface area contributed by atoms with Crippen molar-refractivity contribution in [3.63, 3.8) is 0 Å². The third kappa shape index (κ3) is 4.48. The number of hydrogen-bond donors (Lipinski definition) is 0. The Bertz CT molecular complexity index is 883. The highest BCUT2D eigenvalue weighted by molar-refractivity contribution is 5.79. The molecule has 2 aromatic rings. The highest BCUT2D eigenvalue weighted by Gasteiger charge is 2.31. The van der Waals surface area contributed by atoms with Gasteiger partial charge in [0.05, 0.1) is 12.5 Å². The van der Waals surface area contributed by atoms with Gasteiger partial charge in [0.15, 0.2) is 0 Å². The normalized spacial score (nSPS) is 19.4. The van der Waals surface area contributed by atoms with Crippen LogP contribution in [-0.2, 0) is 22.4 Å². The van der Waals surface area contributed by atoms with Crippen LogP contribution in [-0.4, -0.2) is 60.2 Å². The van der Waals surface area contributed by atoms with Crippen molar-refractivity contribution < 1.29 is 9.53 Å². The van der Waals surface area contributed by atoms with E-state index < -0.39 is 0 Å². The van der Waals surface area contributed by atoms with Gasteiger partial charge in [-0.3, -0.25) is 4.79 Å². The maximum atomic E-state index is 12.7. The van der Waals surface area contributed by atoms with Gasteiger partial charge in [-0.2, -0.15) is 0 Å². The summed E-state index contributed by atoms with van der Waals surface area (Å²) in [4.78, 5) is 26.7. The maximum Gasteiger partial charge on any atom is 0.228 e. The first-order valence-electron chi connectivity index (χ1n) is 11.1. The fraction of sp³-hybridized carbons (Fsp3) is 0.542. The largest absolute Gasteiger partial charge is 0.381 e. The summed E-state index contributed by atoms with van der Waals surface area (Å²) in [5.41, 5.74) is 4.89. The van der Waals surface area contributed by atoms with E-state index in [-0.39, 0.29) is 11.8 Å². The third-order valence-electron chi connectivity index (χ3n) is 6.19. The third-order valence-corrected chi connectivity index (χ3v) is 6.19. The minimum absolute atomic E-state index is 0.0432. The predicted molar refractivity (Wildman–Crippen MR) is 118 cm³/mol. The first kappa shape index (κ1) is 20.8. The molecule has 2 aliphatic rings. The number of aromatic nitrogens is 2. The predicted octanol–water partition coefficient (Wildman–Crippen LogP) is 2.93. The summed E-state index contributed by atoms with van der Waals surface area (Å²) in [6.07, 6.45) is 2.57. The molecule has 1 aromatic carbocycles. The zero-order valence-corrected chi connectivity index (χ0v) is 18.4. The number of amides is 1. The molecule has 1 atom stereocenters. The smallest absolute Gasteiger partial charge is 0.228 e. The molecule has 160 valence electrons. The van der Waals surface area contributed by atoms with Gasteiger partial charge in [0.25, 0.3) is 0 Å². The topological polar surface area (TPSA) is 58.6 Å². The zero-order valence-electron chi connectivity index (χ0n) is 18.4. The molecule has 0 spiro atoms. The van der Waals surface area contributed by atoms with Crippen LogP contribution >= 0.6 is 0 Å². The molecule has 0 unspecified atom stereocenters. The minimum atomic E-state index is 0.0432. The summed E-state index contributed by atoms with van der Waals surface area (Å²) in [6, 6.07) is 8.71. The molecule has 4 rings (SSSR count). The van der Waals surface area contributed by atoms with Crippen LogP contribution in [0.25, 0.3) is 0 Å². The maximum absolute atomic E-state index is 12.7. The highest BCUT2D eigenvalue weighted by Crippen LogP contribution is 2.27. The van der Waals surface area contributed by atoms with Gasteiger partial charge in [-0.15, -0.1) is 0 Å². The number of carbonyl (C=O) groups is 1. The van der Waals surface area contributed by atoms with Gasteiger partial charge in [0.1, 0.15) is 11.6 Å². The molecule has 6 heteroatoms. The Balaban J connectivity index is 1.54. The summed E-state index contributed by atoms with van der Waals surface area (Å²) in [5.74, 6) is 2.15. The van der Waals surface area contributed by atoms with E-state index in [1.807, 2.05) is 11.8 Å². The van der Waals surface area contributed by atoms with Crippen LogP contribution in [0.1, 0.15) is 41.6 Å².